The minimum Gasteiger partial charge on any atom is -0.475 e. The van der Waals surface area contributed by atoms with Crippen molar-refractivity contribution in [2.75, 3.05) is 19.8 Å². The van der Waals surface area contributed by atoms with E-state index in [1.807, 2.05) is 13.8 Å². The van der Waals surface area contributed by atoms with Gasteiger partial charge in [0, 0.05) is 13.2 Å². The van der Waals surface area contributed by atoms with Crippen molar-refractivity contribution in [3.05, 3.63) is 16.5 Å². The van der Waals surface area contributed by atoms with Crippen molar-refractivity contribution in [2.24, 2.45) is 5.92 Å². The standard InChI is InChI=1S/C12H17ClN2O2/c1-8-9(2)15-12(11(13)14-8)17-7-10-3-5-16-6-4-10/h10H,3-7H2,1-2H3. The summed E-state index contributed by atoms with van der Waals surface area (Å²) in [6.45, 7) is 6.07. The molecule has 0 spiro atoms. The van der Waals surface area contributed by atoms with Gasteiger partial charge in [-0.25, -0.2) is 9.97 Å². The van der Waals surface area contributed by atoms with Gasteiger partial charge in [0.2, 0.25) is 0 Å². The largest absolute Gasteiger partial charge is 0.475 e. The van der Waals surface area contributed by atoms with Crippen LogP contribution in [0, 0.1) is 19.8 Å². The molecule has 1 aliphatic rings. The molecule has 0 aromatic carbocycles. The highest BCUT2D eigenvalue weighted by atomic mass is 35.5. The van der Waals surface area contributed by atoms with Crippen molar-refractivity contribution in [3.63, 3.8) is 0 Å². The second-order valence-corrected chi connectivity index (χ2v) is 4.72. The third-order valence-electron chi connectivity index (χ3n) is 3.03. The van der Waals surface area contributed by atoms with Crippen molar-refractivity contribution in [2.45, 2.75) is 26.7 Å². The Morgan fingerprint density at radius 3 is 2.59 bits per heavy atom. The van der Waals surface area contributed by atoms with Crippen molar-refractivity contribution < 1.29 is 9.47 Å². The summed E-state index contributed by atoms with van der Waals surface area (Å²) in [5, 5.41) is 0.347. The van der Waals surface area contributed by atoms with E-state index in [0.29, 0.717) is 23.6 Å². The monoisotopic (exact) mass is 256 g/mol. The summed E-state index contributed by atoms with van der Waals surface area (Å²) >= 11 is 6.00. The van der Waals surface area contributed by atoms with Crippen LogP contribution in [0.1, 0.15) is 24.2 Å². The molecular formula is C12H17ClN2O2. The molecule has 1 fully saturated rings. The topological polar surface area (TPSA) is 44.2 Å². The van der Waals surface area contributed by atoms with Gasteiger partial charge in [-0.1, -0.05) is 11.6 Å². The van der Waals surface area contributed by atoms with Crippen LogP contribution in [-0.2, 0) is 4.74 Å². The Balaban J connectivity index is 1.96. The molecule has 2 rings (SSSR count). The van der Waals surface area contributed by atoms with E-state index < -0.39 is 0 Å². The number of aryl methyl sites for hydroxylation is 2. The Morgan fingerprint density at radius 2 is 1.88 bits per heavy atom. The molecule has 94 valence electrons. The van der Waals surface area contributed by atoms with Crippen LogP contribution in [0.5, 0.6) is 5.88 Å². The van der Waals surface area contributed by atoms with E-state index in [4.69, 9.17) is 21.1 Å². The number of hydrogen-bond acceptors (Lipinski definition) is 4. The second kappa shape index (κ2) is 5.65. The van der Waals surface area contributed by atoms with Gasteiger partial charge in [0.15, 0.2) is 5.15 Å². The number of hydrogen-bond donors (Lipinski definition) is 0. The van der Waals surface area contributed by atoms with Crippen LogP contribution >= 0.6 is 11.6 Å². The molecule has 1 saturated heterocycles. The van der Waals surface area contributed by atoms with E-state index in [0.717, 1.165) is 37.4 Å². The zero-order valence-corrected chi connectivity index (χ0v) is 11.0. The summed E-state index contributed by atoms with van der Waals surface area (Å²) in [6.07, 6.45) is 2.08. The number of halogens is 1. The smallest absolute Gasteiger partial charge is 0.252 e. The van der Waals surface area contributed by atoms with Crippen molar-refractivity contribution >= 4 is 11.6 Å². The molecule has 1 aliphatic heterocycles. The average Bonchev–Trinajstić information content (AvgIpc) is 2.33. The van der Waals surface area contributed by atoms with Crippen LogP contribution in [0.25, 0.3) is 0 Å². The zero-order chi connectivity index (χ0) is 12.3. The SMILES string of the molecule is Cc1nc(Cl)c(OCC2CCOCC2)nc1C. The fraction of sp³-hybridized carbons (Fsp3) is 0.667. The number of rotatable bonds is 3. The molecule has 17 heavy (non-hydrogen) atoms. The van der Waals surface area contributed by atoms with Gasteiger partial charge in [0.1, 0.15) is 0 Å². The van der Waals surface area contributed by atoms with E-state index >= 15 is 0 Å². The first-order chi connectivity index (χ1) is 8.16. The molecule has 0 bridgehead atoms. The maximum Gasteiger partial charge on any atom is 0.252 e. The Morgan fingerprint density at radius 1 is 1.24 bits per heavy atom. The van der Waals surface area contributed by atoms with Gasteiger partial charge >= 0.3 is 0 Å². The molecule has 1 aromatic rings. The molecule has 4 nitrogen and oxygen atoms in total. The number of ether oxygens (including phenoxy) is 2. The lowest BCUT2D eigenvalue weighted by atomic mass is 10.0. The Labute approximate surface area is 106 Å². The lowest BCUT2D eigenvalue weighted by molar-refractivity contribution is 0.0489. The highest BCUT2D eigenvalue weighted by Crippen LogP contribution is 2.23. The second-order valence-electron chi connectivity index (χ2n) is 4.36. The maximum atomic E-state index is 6.00. The van der Waals surface area contributed by atoms with Crippen molar-refractivity contribution in [1.82, 2.24) is 9.97 Å². The molecule has 0 aliphatic carbocycles. The quantitative estimate of drug-likeness (QED) is 0.834. The van der Waals surface area contributed by atoms with Gasteiger partial charge in [-0.15, -0.1) is 0 Å². The predicted molar refractivity (Wildman–Crippen MR) is 65.6 cm³/mol. The van der Waals surface area contributed by atoms with Crippen LogP contribution in [0.4, 0.5) is 0 Å². The van der Waals surface area contributed by atoms with E-state index in [9.17, 15) is 0 Å². The van der Waals surface area contributed by atoms with Gasteiger partial charge in [0.05, 0.1) is 18.0 Å². The first-order valence-electron chi connectivity index (χ1n) is 5.88. The van der Waals surface area contributed by atoms with Gasteiger partial charge in [-0.2, -0.15) is 0 Å². The summed E-state index contributed by atoms with van der Waals surface area (Å²) in [7, 11) is 0. The lowest BCUT2D eigenvalue weighted by Crippen LogP contribution is -2.22. The highest BCUT2D eigenvalue weighted by Gasteiger charge is 2.16. The summed E-state index contributed by atoms with van der Waals surface area (Å²) in [5.74, 6) is 0.976. The summed E-state index contributed by atoms with van der Waals surface area (Å²) < 4.78 is 11.0. The molecule has 0 N–H and O–H groups in total. The molecule has 0 radical (unpaired) electrons. The van der Waals surface area contributed by atoms with Gasteiger partial charge in [-0.3, -0.25) is 0 Å². The van der Waals surface area contributed by atoms with E-state index in [1.54, 1.807) is 0 Å². The number of aromatic nitrogens is 2. The molecular weight excluding hydrogens is 240 g/mol. The first-order valence-corrected chi connectivity index (χ1v) is 6.26. The third kappa shape index (κ3) is 3.30. The van der Waals surface area contributed by atoms with Gasteiger partial charge < -0.3 is 9.47 Å². The molecule has 0 amide bonds. The molecule has 0 atom stereocenters. The summed E-state index contributed by atoms with van der Waals surface area (Å²) in [5.41, 5.74) is 1.70. The van der Waals surface area contributed by atoms with Crippen LogP contribution in [0.2, 0.25) is 5.15 Å². The average molecular weight is 257 g/mol. The normalized spacial score (nSPS) is 17.1. The summed E-state index contributed by atoms with van der Waals surface area (Å²) in [4.78, 5) is 8.50. The van der Waals surface area contributed by atoms with Crippen LogP contribution in [0.3, 0.4) is 0 Å². The zero-order valence-electron chi connectivity index (χ0n) is 10.2. The number of nitrogens with zero attached hydrogens (tertiary/aromatic N) is 2. The maximum absolute atomic E-state index is 6.00. The molecule has 0 saturated carbocycles. The molecule has 5 heteroatoms. The minimum absolute atomic E-state index is 0.347. The van der Waals surface area contributed by atoms with Crippen LogP contribution in [-0.4, -0.2) is 29.8 Å². The van der Waals surface area contributed by atoms with Gasteiger partial charge in [-0.05, 0) is 32.6 Å². The lowest BCUT2D eigenvalue weighted by Gasteiger charge is -2.22. The first kappa shape index (κ1) is 12.6. The van der Waals surface area contributed by atoms with Crippen LogP contribution < -0.4 is 4.74 Å². The fourth-order valence-corrected chi connectivity index (χ4v) is 1.98. The van der Waals surface area contributed by atoms with E-state index in [-0.39, 0.29) is 0 Å². The van der Waals surface area contributed by atoms with E-state index in [2.05, 4.69) is 9.97 Å². The van der Waals surface area contributed by atoms with Gasteiger partial charge in [0.25, 0.3) is 5.88 Å². The van der Waals surface area contributed by atoms with E-state index in [1.165, 1.54) is 0 Å². The summed E-state index contributed by atoms with van der Waals surface area (Å²) in [6, 6.07) is 0. The van der Waals surface area contributed by atoms with Crippen molar-refractivity contribution in [1.29, 1.82) is 0 Å². The van der Waals surface area contributed by atoms with Crippen LogP contribution in [0.15, 0.2) is 0 Å². The fourth-order valence-electron chi connectivity index (χ4n) is 1.76. The van der Waals surface area contributed by atoms with Crippen molar-refractivity contribution in [3.8, 4) is 5.88 Å². The Kier molecular flexibility index (Phi) is 4.18. The highest BCUT2D eigenvalue weighted by molar-refractivity contribution is 6.30. The molecule has 2 heterocycles. The predicted octanol–water partition coefficient (Wildman–Crippen LogP) is 2.55. The molecule has 0 unspecified atom stereocenters. The minimum atomic E-state index is 0.347. The Hall–Kier alpha value is -0.870. The molecule has 1 aromatic heterocycles. The Bertz CT molecular complexity index is 392. The third-order valence-corrected chi connectivity index (χ3v) is 3.28.